The van der Waals surface area contributed by atoms with Crippen molar-refractivity contribution in [3.8, 4) is 0 Å². The molecule has 0 aromatic carbocycles. The molecule has 114 valence electrons. The molecule has 21 heavy (non-hydrogen) atoms. The summed E-state index contributed by atoms with van der Waals surface area (Å²) in [6.07, 6.45) is -0.759. The van der Waals surface area contributed by atoms with Gasteiger partial charge in [0, 0.05) is 36.9 Å². The Balaban J connectivity index is 1.81. The molecule has 1 aromatic heterocycles. The lowest BCUT2D eigenvalue weighted by Crippen LogP contribution is -2.41. The van der Waals surface area contributed by atoms with Crippen LogP contribution in [-0.2, 0) is 9.59 Å². The molecule has 1 unspecified atom stereocenters. The highest BCUT2D eigenvalue weighted by Crippen LogP contribution is 2.19. The molecule has 0 spiro atoms. The fourth-order valence-corrected chi connectivity index (χ4v) is 2.88. The number of rotatable bonds is 5. The monoisotopic (exact) mass is 312 g/mol. The van der Waals surface area contributed by atoms with Crippen molar-refractivity contribution in [3.63, 3.8) is 0 Å². The van der Waals surface area contributed by atoms with Crippen LogP contribution >= 0.6 is 11.3 Å². The van der Waals surface area contributed by atoms with Gasteiger partial charge < -0.3 is 20.4 Å². The Morgan fingerprint density at radius 1 is 1.43 bits per heavy atom. The van der Waals surface area contributed by atoms with Gasteiger partial charge in [-0.3, -0.25) is 9.59 Å². The van der Waals surface area contributed by atoms with Gasteiger partial charge in [0.2, 0.25) is 5.91 Å². The molecule has 0 saturated carbocycles. The van der Waals surface area contributed by atoms with E-state index in [0.717, 1.165) is 4.90 Å². The summed E-state index contributed by atoms with van der Waals surface area (Å²) in [5.41, 5.74) is 0.535. The van der Waals surface area contributed by atoms with Gasteiger partial charge in [-0.05, 0) is 11.4 Å². The van der Waals surface area contributed by atoms with E-state index in [1.807, 2.05) is 0 Å². The second kappa shape index (κ2) is 6.68. The number of thiophene rings is 1. The van der Waals surface area contributed by atoms with Crippen LogP contribution in [0.15, 0.2) is 16.8 Å². The minimum Gasteiger partial charge on any atom is -0.480 e. The topological polar surface area (TPSA) is 107 Å². The smallest absolute Gasteiger partial charge is 0.326 e. The number of carboxylic acid groups (broad SMARTS) is 1. The van der Waals surface area contributed by atoms with Gasteiger partial charge >= 0.3 is 5.97 Å². The molecule has 1 aliphatic heterocycles. The van der Waals surface area contributed by atoms with Crippen LogP contribution in [0, 0.1) is 0 Å². The van der Waals surface area contributed by atoms with Crippen molar-refractivity contribution in [1.82, 2.24) is 10.2 Å². The third-order valence-corrected chi connectivity index (χ3v) is 3.98. The lowest BCUT2D eigenvalue weighted by atomic mass is 10.2. The normalized spacial score (nSPS) is 21.3. The summed E-state index contributed by atoms with van der Waals surface area (Å²) >= 11 is 1.40. The SMILES string of the molecule is O=C(NCCC(=O)N1CC(O)C[C@H]1C(=O)O)c1ccsc1. The van der Waals surface area contributed by atoms with Crippen LogP contribution in [0.5, 0.6) is 0 Å². The van der Waals surface area contributed by atoms with Gasteiger partial charge in [0.1, 0.15) is 6.04 Å². The number of likely N-dealkylation sites (tertiary alicyclic amines) is 1. The highest BCUT2D eigenvalue weighted by molar-refractivity contribution is 7.08. The predicted molar refractivity (Wildman–Crippen MR) is 75.0 cm³/mol. The van der Waals surface area contributed by atoms with E-state index in [9.17, 15) is 19.5 Å². The van der Waals surface area contributed by atoms with Crippen molar-refractivity contribution in [2.75, 3.05) is 13.1 Å². The van der Waals surface area contributed by atoms with E-state index in [-0.39, 0.29) is 37.7 Å². The Morgan fingerprint density at radius 3 is 2.81 bits per heavy atom. The largest absolute Gasteiger partial charge is 0.480 e. The molecule has 1 aliphatic rings. The first-order valence-electron chi connectivity index (χ1n) is 6.49. The van der Waals surface area contributed by atoms with Crippen molar-refractivity contribution in [3.05, 3.63) is 22.4 Å². The second-order valence-electron chi connectivity index (χ2n) is 4.81. The maximum atomic E-state index is 12.0. The number of aliphatic hydroxyl groups is 1. The van der Waals surface area contributed by atoms with Gasteiger partial charge in [-0.25, -0.2) is 4.79 Å². The maximum absolute atomic E-state index is 12.0. The number of hydrogen-bond acceptors (Lipinski definition) is 5. The average Bonchev–Trinajstić information content (AvgIpc) is 3.07. The van der Waals surface area contributed by atoms with E-state index >= 15 is 0 Å². The molecular weight excluding hydrogens is 296 g/mol. The van der Waals surface area contributed by atoms with E-state index in [2.05, 4.69) is 5.32 Å². The summed E-state index contributed by atoms with van der Waals surface area (Å²) in [7, 11) is 0. The molecule has 1 fully saturated rings. The van der Waals surface area contributed by atoms with Gasteiger partial charge in [0.25, 0.3) is 5.91 Å². The molecule has 1 saturated heterocycles. The number of aliphatic carboxylic acids is 1. The summed E-state index contributed by atoms with van der Waals surface area (Å²) in [4.78, 5) is 35.8. The number of amides is 2. The van der Waals surface area contributed by atoms with Crippen LogP contribution in [-0.4, -0.2) is 58.1 Å². The van der Waals surface area contributed by atoms with Gasteiger partial charge in [0.15, 0.2) is 0 Å². The summed E-state index contributed by atoms with van der Waals surface area (Å²) in [6.45, 7) is 0.153. The van der Waals surface area contributed by atoms with E-state index in [1.54, 1.807) is 16.8 Å². The first kappa shape index (κ1) is 15.5. The Kier molecular flexibility index (Phi) is 4.92. The third kappa shape index (κ3) is 3.79. The summed E-state index contributed by atoms with van der Waals surface area (Å²) in [6, 6.07) is 0.694. The van der Waals surface area contributed by atoms with Crippen LogP contribution in [0.4, 0.5) is 0 Å². The molecular formula is C13H16N2O5S. The Bertz CT molecular complexity index is 531. The molecule has 1 aromatic rings. The highest BCUT2D eigenvalue weighted by Gasteiger charge is 2.38. The number of carboxylic acids is 1. The lowest BCUT2D eigenvalue weighted by molar-refractivity contribution is -0.148. The molecule has 0 radical (unpaired) electrons. The fraction of sp³-hybridized carbons (Fsp3) is 0.462. The Morgan fingerprint density at radius 2 is 2.19 bits per heavy atom. The zero-order chi connectivity index (χ0) is 15.4. The maximum Gasteiger partial charge on any atom is 0.326 e. The van der Waals surface area contributed by atoms with Gasteiger partial charge in [0.05, 0.1) is 6.10 Å². The molecule has 2 atom stereocenters. The van der Waals surface area contributed by atoms with Crippen LogP contribution in [0.3, 0.4) is 0 Å². The van der Waals surface area contributed by atoms with Gasteiger partial charge in [-0.1, -0.05) is 0 Å². The van der Waals surface area contributed by atoms with Crippen molar-refractivity contribution in [2.24, 2.45) is 0 Å². The van der Waals surface area contributed by atoms with Gasteiger partial charge in [-0.2, -0.15) is 11.3 Å². The number of nitrogens with one attached hydrogen (secondary N) is 1. The van der Waals surface area contributed by atoms with E-state index < -0.39 is 18.1 Å². The van der Waals surface area contributed by atoms with E-state index in [0.29, 0.717) is 5.56 Å². The second-order valence-corrected chi connectivity index (χ2v) is 5.59. The zero-order valence-electron chi connectivity index (χ0n) is 11.2. The van der Waals surface area contributed by atoms with Crippen molar-refractivity contribution in [2.45, 2.75) is 25.0 Å². The zero-order valence-corrected chi connectivity index (χ0v) is 12.0. The number of carbonyl (C=O) groups excluding carboxylic acids is 2. The molecule has 2 rings (SSSR count). The minimum absolute atomic E-state index is 0.00633. The highest BCUT2D eigenvalue weighted by atomic mass is 32.1. The quantitative estimate of drug-likeness (QED) is 0.704. The average molecular weight is 312 g/mol. The summed E-state index contributed by atoms with van der Waals surface area (Å²) in [5.74, 6) is -1.77. The van der Waals surface area contributed by atoms with Crippen LogP contribution in [0.2, 0.25) is 0 Å². The summed E-state index contributed by atoms with van der Waals surface area (Å²) < 4.78 is 0. The molecule has 3 N–H and O–H groups in total. The van der Waals surface area contributed by atoms with E-state index in [1.165, 1.54) is 11.3 Å². The van der Waals surface area contributed by atoms with Crippen LogP contribution < -0.4 is 5.32 Å². The summed E-state index contributed by atoms with van der Waals surface area (Å²) in [5, 5.41) is 24.6. The third-order valence-electron chi connectivity index (χ3n) is 3.29. The molecule has 2 heterocycles. The van der Waals surface area contributed by atoms with Crippen molar-refractivity contribution in [1.29, 1.82) is 0 Å². The standard InChI is InChI=1S/C13H16N2O5S/c16-9-5-10(13(19)20)15(6-9)11(17)1-3-14-12(18)8-2-4-21-7-8/h2,4,7,9-10,16H,1,3,5-6H2,(H,14,18)(H,19,20)/t9?,10-/m0/s1. The van der Waals surface area contributed by atoms with Crippen LogP contribution in [0.1, 0.15) is 23.2 Å². The lowest BCUT2D eigenvalue weighted by Gasteiger charge is -2.21. The fourth-order valence-electron chi connectivity index (χ4n) is 2.25. The number of aliphatic hydroxyl groups excluding tert-OH is 1. The first-order valence-corrected chi connectivity index (χ1v) is 7.44. The molecule has 0 aliphatic carbocycles. The van der Waals surface area contributed by atoms with E-state index in [4.69, 9.17) is 5.11 Å². The predicted octanol–water partition coefficient (Wildman–Crippen LogP) is -0.0856. The molecule has 7 nitrogen and oxygen atoms in total. The Labute approximate surface area is 125 Å². The number of hydrogen-bond donors (Lipinski definition) is 3. The molecule has 0 bridgehead atoms. The number of β-amino-alcohol motifs (C(OH)–C–C–N with tert-alkyl or cyclic N) is 1. The number of carbonyl (C=O) groups is 3. The van der Waals surface area contributed by atoms with Gasteiger partial charge in [-0.15, -0.1) is 0 Å². The van der Waals surface area contributed by atoms with Crippen molar-refractivity contribution < 1.29 is 24.6 Å². The van der Waals surface area contributed by atoms with Crippen molar-refractivity contribution >= 4 is 29.1 Å². The minimum atomic E-state index is -1.12. The first-order chi connectivity index (χ1) is 9.99. The molecule has 8 heteroatoms. The van der Waals surface area contributed by atoms with Crippen LogP contribution in [0.25, 0.3) is 0 Å². The number of nitrogens with zero attached hydrogens (tertiary/aromatic N) is 1. The molecule has 2 amide bonds. The Hall–Kier alpha value is -1.93.